The summed E-state index contributed by atoms with van der Waals surface area (Å²) in [7, 11) is 3.31. The first kappa shape index (κ1) is 25.5. The molecule has 3 aliphatic rings. The highest BCUT2D eigenvalue weighted by Gasteiger charge is 2.41. The first-order valence-electron chi connectivity index (χ1n) is 12.8. The summed E-state index contributed by atoms with van der Waals surface area (Å²) in [5.41, 5.74) is 1.71. The van der Waals surface area contributed by atoms with Gasteiger partial charge in [0, 0.05) is 12.1 Å². The van der Waals surface area contributed by atoms with Gasteiger partial charge in [-0.05, 0) is 82.5 Å². The van der Waals surface area contributed by atoms with Gasteiger partial charge >= 0.3 is 0 Å². The van der Waals surface area contributed by atoms with E-state index in [0.29, 0.717) is 18.1 Å². The molecular weight excluding hydrogens is 442 g/mol. The Balaban J connectivity index is 1.43. The molecule has 0 amide bonds. The Morgan fingerprint density at radius 2 is 1.94 bits per heavy atom. The summed E-state index contributed by atoms with van der Waals surface area (Å²) in [6, 6.07) is 5.76. The summed E-state index contributed by atoms with van der Waals surface area (Å²) in [5, 5.41) is 0. The van der Waals surface area contributed by atoms with Gasteiger partial charge < -0.3 is 18.9 Å². The second kappa shape index (κ2) is 11.4. The summed E-state index contributed by atoms with van der Waals surface area (Å²) in [6.07, 6.45) is 12.6. The van der Waals surface area contributed by atoms with Crippen LogP contribution in [0.2, 0.25) is 0 Å². The summed E-state index contributed by atoms with van der Waals surface area (Å²) >= 11 is 0. The molecule has 2 heterocycles. The highest BCUT2D eigenvalue weighted by molar-refractivity contribution is 5.97. The number of ketones is 1. The quantitative estimate of drug-likeness (QED) is 0.453. The van der Waals surface area contributed by atoms with Crippen LogP contribution in [0.4, 0.5) is 0 Å². The molecule has 0 saturated carbocycles. The third kappa shape index (κ3) is 6.36. The summed E-state index contributed by atoms with van der Waals surface area (Å²) < 4.78 is 23.5. The second-order valence-corrected chi connectivity index (χ2v) is 10.2. The first-order chi connectivity index (χ1) is 16.9. The number of likely N-dealkylation sites (tertiary alicyclic amines) is 1. The van der Waals surface area contributed by atoms with Crippen molar-refractivity contribution in [2.24, 2.45) is 5.92 Å². The molecule has 1 aromatic rings. The van der Waals surface area contributed by atoms with Crippen molar-refractivity contribution in [1.82, 2.24) is 4.90 Å². The minimum Gasteiger partial charge on any atom is -0.497 e. The maximum absolute atomic E-state index is 13.2. The van der Waals surface area contributed by atoms with Crippen LogP contribution in [-0.4, -0.2) is 62.8 Å². The average molecular weight is 482 g/mol. The number of carbonyl (C=O) groups is 1. The number of methoxy groups -OCH3 is 2. The van der Waals surface area contributed by atoms with Gasteiger partial charge in [-0.1, -0.05) is 24.6 Å². The molecule has 2 fully saturated rings. The van der Waals surface area contributed by atoms with E-state index in [2.05, 4.69) is 18.7 Å². The molecule has 0 spiro atoms. The SMILES string of the molecule is COC1=C2CCC(C)(C)OC2C(C(=O)/C=C/c2ccc(OC)c(OCCN3CCCCC3)c2)C=C1. The second-order valence-electron chi connectivity index (χ2n) is 10.2. The standard InChI is InChI=1S/C29H39NO5/c1-29(2)15-14-23-25(32-3)13-10-22(28(23)35-29)24(31)11-8-21-9-12-26(33-4)27(20-21)34-19-18-30-16-6-5-7-17-30/h8-13,20,22,28H,5-7,14-19H2,1-4H3/b11-8+. The lowest BCUT2D eigenvalue weighted by atomic mass is 9.80. The molecule has 0 bridgehead atoms. The first-order valence-corrected chi connectivity index (χ1v) is 12.8. The molecule has 0 radical (unpaired) electrons. The molecule has 2 saturated heterocycles. The van der Waals surface area contributed by atoms with Crippen molar-refractivity contribution in [2.75, 3.05) is 40.5 Å². The highest BCUT2D eigenvalue weighted by atomic mass is 16.5. The summed E-state index contributed by atoms with van der Waals surface area (Å²) in [5.74, 6) is 1.87. The van der Waals surface area contributed by atoms with E-state index in [1.54, 1.807) is 20.3 Å². The van der Waals surface area contributed by atoms with Crippen LogP contribution in [0.25, 0.3) is 6.08 Å². The molecule has 4 rings (SSSR count). The molecule has 6 nitrogen and oxygen atoms in total. The molecular formula is C29H39NO5. The summed E-state index contributed by atoms with van der Waals surface area (Å²) in [4.78, 5) is 15.7. The lowest BCUT2D eigenvalue weighted by Crippen LogP contribution is -2.44. The Kier molecular flexibility index (Phi) is 8.34. The number of carbonyl (C=O) groups excluding carboxylic acids is 1. The van der Waals surface area contributed by atoms with Crippen LogP contribution in [0.3, 0.4) is 0 Å². The van der Waals surface area contributed by atoms with Gasteiger partial charge in [0.25, 0.3) is 0 Å². The number of ether oxygens (including phenoxy) is 4. The van der Waals surface area contributed by atoms with E-state index in [4.69, 9.17) is 18.9 Å². The normalized spacial score (nSPS) is 24.3. The van der Waals surface area contributed by atoms with Gasteiger partial charge in [-0.2, -0.15) is 0 Å². The molecule has 1 aliphatic carbocycles. The zero-order chi connectivity index (χ0) is 24.8. The van der Waals surface area contributed by atoms with Gasteiger partial charge in [0.05, 0.1) is 31.8 Å². The minimum absolute atomic E-state index is 0.0139. The van der Waals surface area contributed by atoms with E-state index < -0.39 is 0 Å². The number of hydrogen-bond acceptors (Lipinski definition) is 6. The van der Waals surface area contributed by atoms with Crippen LogP contribution in [0.5, 0.6) is 11.5 Å². The van der Waals surface area contributed by atoms with Gasteiger partial charge in [-0.15, -0.1) is 0 Å². The monoisotopic (exact) mass is 481 g/mol. The van der Waals surface area contributed by atoms with Crippen molar-refractivity contribution in [1.29, 1.82) is 0 Å². The Morgan fingerprint density at radius 3 is 2.69 bits per heavy atom. The van der Waals surface area contributed by atoms with Gasteiger partial charge in [-0.25, -0.2) is 0 Å². The van der Waals surface area contributed by atoms with Crippen LogP contribution in [0.1, 0.15) is 51.5 Å². The lowest BCUT2D eigenvalue weighted by molar-refractivity contribution is -0.130. The number of rotatable bonds is 9. The fourth-order valence-electron chi connectivity index (χ4n) is 5.11. The Morgan fingerprint density at radius 1 is 1.14 bits per heavy atom. The maximum Gasteiger partial charge on any atom is 0.165 e. The smallest absolute Gasteiger partial charge is 0.165 e. The number of fused-ring (bicyclic) bond motifs is 1. The van der Waals surface area contributed by atoms with E-state index in [1.807, 2.05) is 36.4 Å². The molecule has 2 atom stereocenters. The number of hydrogen-bond donors (Lipinski definition) is 0. The lowest BCUT2D eigenvalue weighted by Gasteiger charge is -2.41. The van der Waals surface area contributed by atoms with E-state index in [9.17, 15) is 4.79 Å². The van der Waals surface area contributed by atoms with Crippen molar-refractivity contribution in [2.45, 2.75) is 57.7 Å². The molecule has 190 valence electrons. The van der Waals surface area contributed by atoms with Crippen molar-refractivity contribution < 1.29 is 23.7 Å². The topological polar surface area (TPSA) is 57.2 Å². The molecule has 1 aromatic carbocycles. The van der Waals surface area contributed by atoms with Crippen LogP contribution in [-0.2, 0) is 14.3 Å². The maximum atomic E-state index is 13.2. The molecule has 35 heavy (non-hydrogen) atoms. The van der Waals surface area contributed by atoms with E-state index in [1.165, 1.54) is 19.3 Å². The molecule has 2 aliphatic heterocycles. The third-order valence-corrected chi connectivity index (χ3v) is 7.17. The van der Waals surface area contributed by atoms with Crippen LogP contribution >= 0.6 is 0 Å². The number of nitrogens with zero attached hydrogens (tertiary/aromatic N) is 1. The van der Waals surface area contributed by atoms with E-state index in [-0.39, 0.29) is 23.4 Å². The third-order valence-electron chi connectivity index (χ3n) is 7.17. The largest absolute Gasteiger partial charge is 0.497 e. The van der Waals surface area contributed by atoms with Crippen LogP contribution in [0, 0.1) is 5.92 Å². The van der Waals surface area contributed by atoms with Gasteiger partial charge in [0.2, 0.25) is 0 Å². The summed E-state index contributed by atoms with van der Waals surface area (Å²) in [6.45, 7) is 7.97. The van der Waals surface area contributed by atoms with Crippen LogP contribution in [0.15, 0.2) is 47.8 Å². The van der Waals surface area contributed by atoms with Crippen molar-refractivity contribution in [3.63, 3.8) is 0 Å². The van der Waals surface area contributed by atoms with E-state index in [0.717, 1.165) is 49.4 Å². The number of benzene rings is 1. The molecule has 0 N–H and O–H groups in total. The van der Waals surface area contributed by atoms with Crippen molar-refractivity contribution >= 4 is 11.9 Å². The molecule has 0 aromatic heterocycles. The zero-order valence-corrected chi connectivity index (χ0v) is 21.5. The fraction of sp³-hybridized carbons (Fsp3) is 0.552. The highest BCUT2D eigenvalue weighted by Crippen LogP contribution is 2.40. The minimum atomic E-state index is -0.363. The van der Waals surface area contributed by atoms with Crippen molar-refractivity contribution in [3.05, 3.63) is 53.3 Å². The zero-order valence-electron chi connectivity index (χ0n) is 21.5. The van der Waals surface area contributed by atoms with Gasteiger partial charge in [-0.3, -0.25) is 9.69 Å². The van der Waals surface area contributed by atoms with Gasteiger partial charge in [0.1, 0.15) is 12.4 Å². The predicted molar refractivity (Wildman–Crippen MR) is 138 cm³/mol. The average Bonchev–Trinajstić information content (AvgIpc) is 2.86. The van der Waals surface area contributed by atoms with Crippen LogP contribution < -0.4 is 9.47 Å². The Labute approximate surface area is 209 Å². The fourth-order valence-corrected chi connectivity index (χ4v) is 5.11. The van der Waals surface area contributed by atoms with E-state index >= 15 is 0 Å². The number of piperidine rings is 1. The number of allylic oxidation sites excluding steroid dienone is 2. The predicted octanol–water partition coefficient (Wildman–Crippen LogP) is 5.19. The molecule has 2 unspecified atom stereocenters. The molecule has 6 heteroatoms. The van der Waals surface area contributed by atoms with Crippen molar-refractivity contribution in [3.8, 4) is 11.5 Å². The Hall–Kier alpha value is -2.57. The Bertz CT molecular complexity index is 987. The van der Waals surface area contributed by atoms with Gasteiger partial charge in [0.15, 0.2) is 17.3 Å².